The van der Waals surface area contributed by atoms with Crippen LogP contribution in [-0.4, -0.2) is 24.7 Å². The first-order valence-corrected chi connectivity index (χ1v) is 6.02. The van der Waals surface area contributed by atoms with E-state index in [4.69, 9.17) is 0 Å². The first-order valence-electron chi connectivity index (χ1n) is 4.59. The zero-order valence-corrected chi connectivity index (χ0v) is 11.3. The SMILES string of the molecule is Cc1ccc(Br)cc1C(CS)N(C)C. The highest BCUT2D eigenvalue weighted by molar-refractivity contribution is 9.10. The first-order chi connectivity index (χ1) is 6.56. The molecule has 0 aromatic heterocycles. The molecule has 0 heterocycles. The third-order valence-corrected chi connectivity index (χ3v) is 3.24. The number of aryl methyl sites for hydroxylation is 1. The van der Waals surface area contributed by atoms with Crippen LogP contribution in [0.15, 0.2) is 22.7 Å². The molecule has 0 aliphatic carbocycles. The molecule has 1 unspecified atom stereocenters. The van der Waals surface area contributed by atoms with Crippen molar-refractivity contribution in [2.75, 3.05) is 19.8 Å². The number of benzene rings is 1. The van der Waals surface area contributed by atoms with E-state index in [1.807, 2.05) is 0 Å². The van der Waals surface area contributed by atoms with Crippen molar-refractivity contribution in [3.05, 3.63) is 33.8 Å². The van der Waals surface area contributed by atoms with Crippen molar-refractivity contribution in [3.8, 4) is 0 Å². The average Bonchev–Trinajstić information content (AvgIpc) is 2.11. The maximum atomic E-state index is 4.39. The van der Waals surface area contributed by atoms with E-state index in [1.54, 1.807) is 0 Å². The molecule has 1 aromatic rings. The standard InChI is InChI=1S/C11H16BrNS/c1-8-4-5-9(12)6-10(8)11(7-14)13(2)3/h4-6,11,14H,7H2,1-3H3. The molecule has 0 saturated heterocycles. The Labute approximate surface area is 100 Å². The minimum absolute atomic E-state index is 0.385. The molecule has 1 nitrogen and oxygen atoms in total. The maximum absolute atomic E-state index is 4.39. The minimum Gasteiger partial charge on any atom is -0.302 e. The zero-order chi connectivity index (χ0) is 10.7. The van der Waals surface area contributed by atoms with Crippen LogP contribution >= 0.6 is 28.6 Å². The van der Waals surface area contributed by atoms with Crippen LogP contribution in [0.3, 0.4) is 0 Å². The maximum Gasteiger partial charge on any atom is 0.0432 e. The summed E-state index contributed by atoms with van der Waals surface area (Å²) in [5.41, 5.74) is 2.67. The first kappa shape index (κ1) is 12.1. The Bertz CT molecular complexity index is 312. The van der Waals surface area contributed by atoms with Gasteiger partial charge in [-0.25, -0.2) is 0 Å². The van der Waals surface area contributed by atoms with Crippen LogP contribution in [0, 0.1) is 6.92 Å². The fourth-order valence-corrected chi connectivity index (χ4v) is 2.41. The van der Waals surface area contributed by atoms with Crippen molar-refractivity contribution in [2.24, 2.45) is 0 Å². The van der Waals surface area contributed by atoms with Gasteiger partial charge in [0, 0.05) is 16.3 Å². The van der Waals surface area contributed by atoms with E-state index in [1.165, 1.54) is 11.1 Å². The fraction of sp³-hybridized carbons (Fsp3) is 0.455. The fourth-order valence-electron chi connectivity index (χ4n) is 1.51. The van der Waals surface area contributed by atoms with Crippen molar-refractivity contribution >= 4 is 28.6 Å². The summed E-state index contributed by atoms with van der Waals surface area (Å²) in [6.45, 7) is 2.14. The van der Waals surface area contributed by atoms with E-state index < -0.39 is 0 Å². The summed E-state index contributed by atoms with van der Waals surface area (Å²) < 4.78 is 1.13. The summed E-state index contributed by atoms with van der Waals surface area (Å²) >= 11 is 7.89. The van der Waals surface area contributed by atoms with Crippen LogP contribution < -0.4 is 0 Å². The van der Waals surface area contributed by atoms with Gasteiger partial charge in [-0.1, -0.05) is 22.0 Å². The third-order valence-electron chi connectivity index (χ3n) is 2.40. The average molecular weight is 274 g/mol. The summed E-state index contributed by atoms with van der Waals surface area (Å²) in [5.74, 6) is 0.838. The Balaban J connectivity index is 3.08. The molecule has 1 rings (SSSR count). The predicted molar refractivity (Wildman–Crippen MR) is 69.2 cm³/mol. The van der Waals surface area contributed by atoms with Gasteiger partial charge in [-0.2, -0.15) is 12.6 Å². The van der Waals surface area contributed by atoms with Crippen LogP contribution in [-0.2, 0) is 0 Å². The molecule has 0 fully saturated rings. The van der Waals surface area contributed by atoms with Crippen molar-refractivity contribution in [2.45, 2.75) is 13.0 Å². The highest BCUT2D eigenvalue weighted by atomic mass is 79.9. The second kappa shape index (κ2) is 5.19. The van der Waals surface area contributed by atoms with E-state index in [0.29, 0.717) is 6.04 Å². The molecule has 0 aliphatic rings. The Morgan fingerprint density at radius 2 is 2.07 bits per heavy atom. The molecule has 78 valence electrons. The molecule has 0 radical (unpaired) electrons. The van der Waals surface area contributed by atoms with Gasteiger partial charge >= 0.3 is 0 Å². The molecule has 0 saturated carbocycles. The molecule has 0 aliphatic heterocycles. The lowest BCUT2D eigenvalue weighted by Gasteiger charge is -2.24. The highest BCUT2D eigenvalue weighted by Crippen LogP contribution is 2.26. The van der Waals surface area contributed by atoms with Crippen molar-refractivity contribution in [1.29, 1.82) is 0 Å². The second-order valence-electron chi connectivity index (χ2n) is 3.66. The molecular weight excluding hydrogens is 258 g/mol. The van der Waals surface area contributed by atoms with Crippen molar-refractivity contribution in [1.82, 2.24) is 4.90 Å². The van der Waals surface area contributed by atoms with Crippen LogP contribution in [0.2, 0.25) is 0 Å². The lowest BCUT2D eigenvalue weighted by Crippen LogP contribution is -2.22. The third kappa shape index (κ3) is 2.75. The van der Waals surface area contributed by atoms with E-state index in [0.717, 1.165) is 10.2 Å². The van der Waals surface area contributed by atoms with Crippen molar-refractivity contribution in [3.63, 3.8) is 0 Å². The number of thiol groups is 1. The second-order valence-corrected chi connectivity index (χ2v) is 4.94. The van der Waals surface area contributed by atoms with Gasteiger partial charge in [0.05, 0.1) is 0 Å². The van der Waals surface area contributed by atoms with Gasteiger partial charge in [0.1, 0.15) is 0 Å². The zero-order valence-electron chi connectivity index (χ0n) is 8.79. The van der Waals surface area contributed by atoms with Crippen LogP contribution in [0.4, 0.5) is 0 Å². The van der Waals surface area contributed by atoms with Gasteiger partial charge in [0.2, 0.25) is 0 Å². The van der Waals surface area contributed by atoms with E-state index in [-0.39, 0.29) is 0 Å². The van der Waals surface area contributed by atoms with Gasteiger partial charge in [-0.05, 0) is 44.3 Å². The Kier molecular flexibility index (Phi) is 4.48. The number of nitrogens with zero attached hydrogens (tertiary/aromatic N) is 1. The topological polar surface area (TPSA) is 3.24 Å². The molecule has 0 spiro atoms. The largest absolute Gasteiger partial charge is 0.302 e. The van der Waals surface area contributed by atoms with Crippen LogP contribution in [0.25, 0.3) is 0 Å². The van der Waals surface area contributed by atoms with Gasteiger partial charge in [0.15, 0.2) is 0 Å². The molecule has 14 heavy (non-hydrogen) atoms. The van der Waals surface area contributed by atoms with Gasteiger partial charge in [-0.3, -0.25) is 0 Å². The molecule has 1 atom stereocenters. The number of halogens is 1. The van der Waals surface area contributed by atoms with E-state index >= 15 is 0 Å². The highest BCUT2D eigenvalue weighted by Gasteiger charge is 2.14. The molecule has 1 aromatic carbocycles. The number of rotatable bonds is 3. The van der Waals surface area contributed by atoms with Gasteiger partial charge in [0.25, 0.3) is 0 Å². The number of hydrogen-bond acceptors (Lipinski definition) is 2. The Hall–Kier alpha value is 0.01000. The Morgan fingerprint density at radius 3 is 2.57 bits per heavy atom. The lowest BCUT2D eigenvalue weighted by molar-refractivity contribution is 0.325. The van der Waals surface area contributed by atoms with E-state index in [9.17, 15) is 0 Å². The van der Waals surface area contributed by atoms with E-state index in [2.05, 4.69) is 72.7 Å². The molecule has 3 heteroatoms. The molecule has 0 bridgehead atoms. The Morgan fingerprint density at radius 1 is 1.43 bits per heavy atom. The summed E-state index contributed by atoms with van der Waals surface area (Å²) in [5, 5.41) is 0. The smallest absolute Gasteiger partial charge is 0.0432 e. The normalized spacial score (nSPS) is 13.3. The van der Waals surface area contributed by atoms with Gasteiger partial charge < -0.3 is 4.90 Å². The number of hydrogen-bond donors (Lipinski definition) is 1. The summed E-state index contributed by atoms with van der Waals surface area (Å²) in [7, 11) is 4.17. The molecule has 0 amide bonds. The monoisotopic (exact) mass is 273 g/mol. The summed E-state index contributed by atoms with van der Waals surface area (Å²) in [6.07, 6.45) is 0. The quantitative estimate of drug-likeness (QED) is 0.828. The molecular formula is C11H16BrNS. The lowest BCUT2D eigenvalue weighted by atomic mass is 10.0. The van der Waals surface area contributed by atoms with Crippen LogP contribution in [0.5, 0.6) is 0 Å². The van der Waals surface area contributed by atoms with Crippen molar-refractivity contribution < 1.29 is 0 Å². The molecule has 0 N–H and O–H groups in total. The minimum atomic E-state index is 0.385. The summed E-state index contributed by atoms with van der Waals surface area (Å²) in [6, 6.07) is 6.77. The summed E-state index contributed by atoms with van der Waals surface area (Å²) in [4.78, 5) is 2.20. The predicted octanol–water partition coefficient (Wildman–Crippen LogP) is 3.29. The van der Waals surface area contributed by atoms with Crippen LogP contribution in [0.1, 0.15) is 17.2 Å². The van der Waals surface area contributed by atoms with Gasteiger partial charge in [-0.15, -0.1) is 0 Å².